The standard InChI is InChI=1S/C16H20ClN3O.C15H19ClN4O.C14H20ClN5O2S/c1-10(21)20-5-4-11(8-16(20,2)3)13-6-12(17)7-15-14(13)9-18-19-15;1-17-15(21)9-20-4-2-10(3-5-20)12-6-11(16)7-14-13(12)8-18-19-14;1-23(21,22)17-2-3-19-4-6-20(7-5-19)14-9-11(15)8-13-12(14)10-16-18-13/h6-7,9,11H,4-5,8H2,1-3H3,(H,18,19);6-8,10H,2-5,9H2,1H3,(H,17,21)(H,18,19);8-10,17H,2-7H2,1H3,(H,16,18). The van der Waals surface area contributed by atoms with Crippen LogP contribution in [0.15, 0.2) is 55.0 Å². The van der Waals surface area contributed by atoms with Crippen molar-refractivity contribution >= 4 is 95.0 Å². The Labute approximate surface area is 395 Å². The van der Waals surface area contributed by atoms with Crippen LogP contribution in [0, 0.1) is 0 Å². The second kappa shape index (κ2) is 21.0. The van der Waals surface area contributed by atoms with Gasteiger partial charge in [-0.1, -0.05) is 34.8 Å². The van der Waals surface area contributed by atoms with E-state index in [9.17, 15) is 18.0 Å². The number of aromatic amines is 3. The van der Waals surface area contributed by atoms with Crippen molar-refractivity contribution in [3.8, 4) is 0 Å². The number of sulfonamides is 1. The van der Waals surface area contributed by atoms with E-state index in [2.05, 4.69) is 75.2 Å². The minimum absolute atomic E-state index is 0.0773. The molecule has 350 valence electrons. The number of piperazine rings is 1. The lowest BCUT2D eigenvalue weighted by Gasteiger charge is -2.45. The third kappa shape index (κ3) is 12.3. The normalized spacial score (nSPS) is 18.6. The van der Waals surface area contributed by atoms with E-state index in [1.807, 2.05) is 53.8 Å². The molecule has 2 amide bonds. The van der Waals surface area contributed by atoms with Gasteiger partial charge < -0.3 is 15.1 Å². The first-order valence-corrected chi connectivity index (χ1v) is 25.0. The lowest BCUT2D eigenvalue weighted by Crippen LogP contribution is -2.51. The number of likely N-dealkylation sites (tertiary alicyclic amines) is 2. The fourth-order valence-corrected chi connectivity index (χ4v) is 10.7. The van der Waals surface area contributed by atoms with Crippen molar-refractivity contribution in [1.82, 2.24) is 55.3 Å². The first kappa shape index (κ1) is 48.4. The zero-order valence-corrected chi connectivity index (χ0v) is 40.6. The minimum atomic E-state index is -3.11. The second-order valence-corrected chi connectivity index (χ2v) is 20.9. The summed E-state index contributed by atoms with van der Waals surface area (Å²) < 4.78 is 24.7. The highest BCUT2D eigenvalue weighted by Crippen LogP contribution is 2.41. The maximum atomic E-state index is 11.8. The van der Waals surface area contributed by atoms with Gasteiger partial charge in [0.15, 0.2) is 0 Å². The average Bonchev–Trinajstić information content (AvgIpc) is 4.05. The van der Waals surface area contributed by atoms with Gasteiger partial charge >= 0.3 is 0 Å². The minimum Gasteiger partial charge on any atom is -0.368 e. The van der Waals surface area contributed by atoms with Crippen molar-refractivity contribution in [2.75, 3.05) is 83.7 Å². The molecule has 20 heteroatoms. The van der Waals surface area contributed by atoms with Crippen molar-refractivity contribution in [3.05, 3.63) is 81.2 Å². The molecule has 6 aromatic rings. The van der Waals surface area contributed by atoms with Crippen LogP contribution in [0.2, 0.25) is 15.1 Å². The Kier molecular flexibility index (Phi) is 15.6. The van der Waals surface area contributed by atoms with Crippen LogP contribution in [0.3, 0.4) is 0 Å². The molecule has 1 unspecified atom stereocenters. The zero-order chi connectivity index (χ0) is 46.5. The Morgan fingerprint density at radius 3 is 1.75 bits per heavy atom. The number of aromatic nitrogens is 6. The largest absolute Gasteiger partial charge is 0.368 e. The molecule has 3 aliphatic heterocycles. The quantitative estimate of drug-likeness (QED) is 0.104. The number of nitrogens with zero attached hydrogens (tertiary/aromatic N) is 7. The van der Waals surface area contributed by atoms with E-state index in [4.69, 9.17) is 34.8 Å². The monoisotopic (exact) mass is 968 g/mol. The molecule has 0 spiro atoms. The van der Waals surface area contributed by atoms with Gasteiger partial charge in [0.05, 0.1) is 47.9 Å². The van der Waals surface area contributed by atoms with Gasteiger partial charge in [0, 0.05) is 102 Å². The molecule has 3 aromatic heterocycles. The van der Waals surface area contributed by atoms with E-state index in [-0.39, 0.29) is 17.4 Å². The number of rotatable bonds is 9. The summed E-state index contributed by atoms with van der Waals surface area (Å²) in [7, 11) is -1.44. The topological polar surface area (TPSA) is 191 Å². The van der Waals surface area contributed by atoms with Crippen LogP contribution in [0.1, 0.15) is 69.4 Å². The predicted octanol–water partition coefficient (Wildman–Crippen LogP) is 6.75. The Morgan fingerprint density at radius 2 is 1.23 bits per heavy atom. The number of likely N-dealkylation sites (N-methyl/N-ethyl adjacent to an activating group) is 1. The van der Waals surface area contributed by atoms with Crippen LogP contribution in [0.5, 0.6) is 0 Å². The summed E-state index contributed by atoms with van der Waals surface area (Å²) in [5, 5.41) is 29.5. The number of hydrogen-bond acceptors (Lipinski definition) is 10. The molecule has 3 saturated heterocycles. The summed E-state index contributed by atoms with van der Waals surface area (Å²) in [4.78, 5) is 31.9. The molecular weight excluding hydrogens is 911 g/mol. The van der Waals surface area contributed by atoms with Gasteiger partial charge in [-0.2, -0.15) is 15.3 Å². The molecule has 0 saturated carbocycles. The highest BCUT2D eigenvalue weighted by Gasteiger charge is 2.37. The van der Waals surface area contributed by atoms with Crippen LogP contribution in [0.4, 0.5) is 5.69 Å². The van der Waals surface area contributed by atoms with Gasteiger partial charge in [0.25, 0.3) is 0 Å². The molecule has 0 bridgehead atoms. The maximum Gasteiger partial charge on any atom is 0.233 e. The van der Waals surface area contributed by atoms with Crippen molar-refractivity contribution in [2.24, 2.45) is 0 Å². The molecular formula is C45H59Cl3N12O4S. The Bertz CT molecular complexity index is 2710. The summed E-state index contributed by atoms with van der Waals surface area (Å²) in [5.41, 5.74) is 6.37. The molecule has 1 atom stereocenters. The molecule has 0 radical (unpaired) electrons. The number of halogens is 3. The molecule has 3 fully saturated rings. The average molecular weight is 970 g/mol. The van der Waals surface area contributed by atoms with Crippen LogP contribution >= 0.6 is 34.8 Å². The van der Waals surface area contributed by atoms with Gasteiger partial charge in [-0.3, -0.25) is 34.7 Å². The summed E-state index contributed by atoms with van der Waals surface area (Å²) in [6.45, 7) is 13.8. The van der Waals surface area contributed by atoms with Crippen molar-refractivity contribution < 1.29 is 18.0 Å². The predicted molar refractivity (Wildman–Crippen MR) is 261 cm³/mol. The number of fused-ring (bicyclic) bond motifs is 3. The van der Waals surface area contributed by atoms with E-state index < -0.39 is 10.0 Å². The lowest BCUT2D eigenvalue weighted by molar-refractivity contribution is -0.136. The van der Waals surface area contributed by atoms with Crippen LogP contribution in [0.25, 0.3) is 32.7 Å². The van der Waals surface area contributed by atoms with Gasteiger partial charge in [0.2, 0.25) is 21.8 Å². The fourth-order valence-electron chi connectivity index (χ4n) is 9.56. The SMILES string of the molecule is CC(=O)N1CCC(c2cc(Cl)cc3[nH]ncc23)CC1(C)C.CNC(=O)CN1CCC(c2cc(Cl)cc3[nH]ncc23)CC1.CS(=O)(=O)NCCN1CCN(c2cc(Cl)cc3[nH]ncc23)CC1. The van der Waals surface area contributed by atoms with Gasteiger partial charge in [-0.05, 0) is 112 Å². The zero-order valence-electron chi connectivity index (χ0n) is 37.6. The number of hydrogen-bond donors (Lipinski definition) is 5. The number of piperidine rings is 2. The van der Waals surface area contributed by atoms with E-state index >= 15 is 0 Å². The third-order valence-corrected chi connectivity index (χ3v) is 14.2. The molecule has 16 nitrogen and oxygen atoms in total. The highest BCUT2D eigenvalue weighted by atomic mass is 35.5. The molecule has 9 rings (SSSR count). The van der Waals surface area contributed by atoms with Gasteiger partial charge in [-0.15, -0.1) is 0 Å². The summed E-state index contributed by atoms with van der Waals surface area (Å²) in [5.74, 6) is 1.10. The third-order valence-electron chi connectivity index (χ3n) is 12.8. The van der Waals surface area contributed by atoms with Crippen molar-refractivity contribution in [1.29, 1.82) is 0 Å². The maximum absolute atomic E-state index is 11.8. The molecule has 6 heterocycles. The first-order chi connectivity index (χ1) is 31.0. The number of carbonyl (C=O) groups is 2. The lowest BCUT2D eigenvalue weighted by atomic mass is 9.78. The summed E-state index contributed by atoms with van der Waals surface area (Å²) >= 11 is 18.6. The van der Waals surface area contributed by atoms with Crippen LogP contribution < -0.4 is 14.9 Å². The first-order valence-electron chi connectivity index (χ1n) is 22.0. The summed E-state index contributed by atoms with van der Waals surface area (Å²) in [6, 6.07) is 11.8. The van der Waals surface area contributed by atoms with Crippen LogP contribution in [-0.4, -0.2) is 150 Å². The Hall–Kier alpha value is -4.49. The number of amides is 2. The van der Waals surface area contributed by atoms with E-state index in [1.165, 1.54) is 17.4 Å². The van der Waals surface area contributed by atoms with E-state index in [0.29, 0.717) is 29.9 Å². The second-order valence-electron chi connectivity index (χ2n) is 17.8. The van der Waals surface area contributed by atoms with E-state index in [1.54, 1.807) is 14.0 Å². The smallest absolute Gasteiger partial charge is 0.233 e. The molecule has 3 aliphatic rings. The summed E-state index contributed by atoms with van der Waals surface area (Å²) in [6.07, 6.45) is 10.7. The number of benzene rings is 3. The number of nitrogens with one attached hydrogen (secondary N) is 5. The Balaban J connectivity index is 0.000000146. The van der Waals surface area contributed by atoms with E-state index in [0.717, 1.165) is 126 Å². The van der Waals surface area contributed by atoms with Gasteiger partial charge in [-0.25, -0.2) is 13.1 Å². The number of anilines is 1. The van der Waals surface area contributed by atoms with Crippen molar-refractivity contribution in [3.63, 3.8) is 0 Å². The highest BCUT2D eigenvalue weighted by molar-refractivity contribution is 7.88. The fraction of sp³-hybridized carbons (Fsp3) is 0.489. The number of carbonyl (C=O) groups excluding carboxylic acids is 2. The molecule has 3 aromatic carbocycles. The van der Waals surface area contributed by atoms with Crippen molar-refractivity contribution in [2.45, 2.75) is 63.8 Å². The van der Waals surface area contributed by atoms with Gasteiger partial charge in [0.1, 0.15) is 0 Å². The Morgan fingerprint density at radius 1 is 0.723 bits per heavy atom. The molecule has 5 N–H and O–H groups in total. The molecule has 0 aliphatic carbocycles. The molecule has 65 heavy (non-hydrogen) atoms. The van der Waals surface area contributed by atoms with Crippen LogP contribution in [-0.2, 0) is 19.6 Å². The number of H-pyrrole nitrogens is 3.